The summed E-state index contributed by atoms with van der Waals surface area (Å²) in [5.41, 5.74) is 7.61. The van der Waals surface area contributed by atoms with E-state index in [1.54, 1.807) is 0 Å². The van der Waals surface area contributed by atoms with E-state index in [4.69, 9.17) is 15.0 Å². The van der Waals surface area contributed by atoms with E-state index in [1.165, 1.54) is 12.8 Å². The van der Waals surface area contributed by atoms with E-state index in [2.05, 4.69) is 5.16 Å². The molecule has 4 nitrogen and oxygen atoms in total. The molecule has 0 radical (unpaired) electrons. The molecule has 0 amide bonds. The number of nitrogens with zero attached hydrogens (tertiary/aromatic N) is 1. The summed E-state index contributed by atoms with van der Waals surface area (Å²) in [6.45, 7) is 0.956. The van der Waals surface area contributed by atoms with Crippen molar-refractivity contribution in [2.45, 2.75) is 18.8 Å². The van der Waals surface area contributed by atoms with E-state index in [-0.39, 0.29) is 12.4 Å². The van der Waals surface area contributed by atoms with E-state index in [0.717, 1.165) is 16.9 Å². The largest absolute Gasteiger partial charge is 0.474 e. The highest BCUT2D eigenvalue weighted by Crippen LogP contribution is 2.48. The molecule has 0 saturated heterocycles. The van der Waals surface area contributed by atoms with E-state index >= 15 is 0 Å². The summed E-state index contributed by atoms with van der Waals surface area (Å²) in [4.78, 5) is 0. The van der Waals surface area contributed by atoms with Crippen molar-refractivity contribution >= 4 is 12.4 Å². The third kappa shape index (κ3) is 2.91. The van der Waals surface area contributed by atoms with Gasteiger partial charge in [-0.2, -0.15) is 0 Å². The summed E-state index contributed by atoms with van der Waals surface area (Å²) in [5, 5.41) is 4.04. The summed E-state index contributed by atoms with van der Waals surface area (Å²) in [6, 6.07) is 10.0. The molecule has 5 heteroatoms. The van der Waals surface area contributed by atoms with Crippen LogP contribution in [0.3, 0.4) is 0 Å². The van der Waals surface area contributed by atoms with Gasteiger partial charge in [-0.25, -0.2) is 0 Å². The summed E-state index contributed by atoms with van der Waals surface area (Å²) < 4.78 is 11.0. The number of halogens is 1. The molecule has 19 heavy (non-hydrogen) atoms. The first kappa shape index (κ1) is 13.9. The Morgan fingerprint density at radius 2 is 2.00 bits per heavy atom. The zero-order chi connectivity index (χ0) is 12.4. The molecule has 0 aliphatic heterocycles. The average molecular weight is 281 g/mol. The van der Waals surface area contributed by atoms with Crippen LogP contribution in [0.1, 0.15) is 24.3 Å². The normalized spacial score (nSPS) is 13.9. The number of ether oxygens (including phenoxy) is 1. The third-order valence-corrected chi connectivity index (χ3v) is 3.07. The molecule has 1 fully saturated rings. The van der Waals surface area contributed by atoms with Crippen molar-refractivity contribution in [3.05, 3.63) is 35.9 Å². The Balaban J connectivity index is 0.00000133. The summed E-state index contributed by atoms with van der Waals surface area (Å²) >= 11 is 0. The molecule has 2 N–H and O–H groups in total. The smallest absolute Gasteiger partial charge is 0.258 e. The number of rotatable bonds is 5. The van der Waals surface area contributed by atoms with E-state index in [1.807, 2.05) is 30.3 Å². The van der Waals surface area contributed by atoms with Gasteiger partial charge in [0.05, 0.1) is 5.56 Å². The monoisotopic (exact) mass is 280 g/mol. The van der Waals surface area contributed by atoms with Crippen molar-refractivity contribution < 1.29 is 9.26 Å². The van der Waals surface area contributed by atoms with Gasteiger partial charge in [-0.3, -0.25) is 0 Å². The zero-order valence-corrected chi connectivity index (χ0v) is 11.4. The second-order valence-corrected chi connectivity index (χ2v) is 4.51. The first-order valence-corrected chi connectivity index (χ1v) is 6.28. The Morgan fingerprint density at radius 1 is 1.26 bits per heavy atom. The summed E-state index contributed by atoms with van der Waals surface area (Å²) in [6.07, 6.45) is 2.36. The van der Waals surface area contributed by atoms with Gasteiger partial charge in [-0.1, -0.05) is 30.3 Å². The second kappa shape index (κ2) is 6.08. The van der Waals surface area contributed by atoms with Crippen LogP contribution in [0.15, 0.2) is 34.9 Å². The minimum absolute atomic E-state index is 0. The fourth-order valence-electron chi connectivity index (χ4n) is 2.07. The van der Waals surface area contributed by atoms with Gasteiger partial charge in [-0.05, 0) is 23.9 Å². The third-order valence-electron chi connectivity index (χ3n) is 3.07. The molecule has 3 rings (SSSR count). The van der Waals surface area contributed by atoms with E-state index < -0.39 is 0 Å². The highest BCUT2D eigenvalue weighted by Gasteiger charge is 2.33. The van der Waals surface area contributed by atoms with Crippen molar-refractivity contribution in [3.63, 3.8) is 0 Å². The minimum atomic E-state index is 0. The fourth-order valence-corrected chi connectivity index (χ4v) is 2.07. The van der Waals surface area contributed by atoms with Gasteiger partial charge in [-0.15, -0.1) is 12.4 Å². The van der Waals surface area contributed by atoms with Gasteiger partial charge in [0.25, 0.3) is 5.88 Å². The van der Waals surface area contributed by atoms with Crippen LogP contribution in [0.25, 0.3) is 11.3 Å². The fraction of sp³-hybridized carbons (Fsp3) is 0.357. The van der Waals surface area contributed by atoms with Crippen LogP contribution in [0.4, 0.5) is 0 Å². The molecular weight excluding hydrogens is 264 g/mol. The molecule has 1 aromatic heterocycles. The van der Waals surface area contributed by atoms with Crippen LogP contribution < -0.4 is 10.5 Å². The molecule has 102 valence electrons. The number of benzene rings is 1. The molecular formula is C14H17ClN2O2. The lowest BCUT2D eigenvalue weighted by molar-refractivity contribution is 0.287. The summed E-state index contributed by atoms with van der Waals surface area (Å²) in [7, 11) is 0. The predicted molar refractivity (Wildman–Crippen MR) is 75.7 cm³/mol. The second-order valence-electron chi connectivity index (χ2n) is 4.51. The Kier molecular flexibility index (Phi) is 4.45. The Labute approximate surface area is 118 Å². The molecule has 2 aromatic rings. The Morgan fingerprint density at radius 3 is 2.63 bits per heavy atom. The van der Waals surface area contributed by atoms with Gasteiger partial charge >= 0.3 is 0 Å². The zero-order valence-electron chi connectivity index (χ0n) is 10.5. The van der Waals surface area contributed by atoms with E-state index in [0.29, 0.717) is 24.9 Å². The minimum Gasteiger partial charge on any atom is -0.474 e. The first-order chi connectivity index (χ1) is 8.90. The molecule has 0 atom stereocenters. The SMILES string of the molecule is Cl.NCCOc1noc(-c2ccccc2)c1C1CC1. The van der Waals surface area contributed by atoms with Crippen LogP contribution in [-0.4, -0.2) is 18.3 Å². The van der Waals surface area contributed by atoms with Crippen molar-refractivity contribution in [3.8, 4) is 17.2 Å². The number of hydrogen-bond acceptors (Lipinski definition) is 4. The van der Waals surface area contributed by atoms with Crippen LogP contribution in [0, 0.1) is 0 Å². The quantitative estimate of drug-likeness (QED) is 0.915. The maximum atomic E-state index is 5.56. The van der Waals surface area contributed by atoms with Crippen LogP contribution >= 0.6 is 12.4 Å². The molecule has 1 heterocycles. The predicted octanol–water partition coefficient (Wildman–Crippen LogP) is 2.98. The molecule has 1 aliphatic carbocycles. The van der Waals surface area contributed by atoms with Crippen molar-refractivity contribution in [2.75, 3.05) is 13.2 Å². The Bertz CT molecular complexity index is 523. The lowest BCUT2D eigenvalue weighted by atomic mass is 10.1. The molecule has 1 saturated carbocycles. The van der Waals surface area contributed by atoms with Gasteiger partial charge in [0.2, 0.25) is 0 Å². The molecule has 1 aromatic carbocycles. The standard InChI is InChI=1S/C14H16N2O2.ClH/c15-8-9-17-14-12(10-6-7-10)13(18-16-14)11-4-2-1-3-5-11;/h1-5,10H,6-9,15H2;1H. The summed E-state index contributed by atoms with van der Waals surface area (Å²) in [5.74, 6) is 1.98. The topological polar surface area (TPSA) is 61.3 Å². The molecule has 0 bridgehead atoms. The van der Waals surface area contributed by atoms with Crippen molar-refractivity contribution in [1.82, 2.24) is 5.16 Å². The highest BCUT2D eigenvalue weighted by molar-refractivity contribution is 5.85. The van der Waals surface area contributed by atoms with Gasteiger partial charge in [0.1, 0.15) is 6.61 Å². The maximum Gasteiger partial charge on any atom is 0.258 e. The molecule has 0 spiro atoms. The van der Waals surface area contributed by atoms with Crippen molar-refractivity contribution in [2.24, 2.45) is 5.73 Å². The van der Waals surface area contributed by atoms with Crippen LogP contribution in [-0.2, 0) is 0 Å². The lowest BCUT2D eigenvalue weighted by Crippen LogP contribution is -2.11. The number of aromatic nitrogens is 1. The molecule has 1 aliphatic rings. The molecule has 0 unspecified atom stereocenters. The highest BCUT2D eigenvalue weighted by atomic mass is 35.5. The van der Waals surface area contributed by atoms with Gasteiger partial charge in [0, 0.05) is 12.1 Å². The average Bonchev–Trinajstić information content (AvgIpc) is 3.17. The van der Waals surface area contributed by atoms with E-state index in [9.17, 15) is 0 Å². The number of hydrogen-bond donors (Lipinski definition) is 1. The van der Waals surface area contributed by atoms with Gasteiger partial charge in [0.15, 0.2) is 5.76 Å². The van der Waals surface area contributed by atoms with Crippen LogP contribution in [0.5, 0.6) is 5.88 Å². The first-order valence-electron chi connectivity index (χ1n) is 6.28. The number of nitrogens with two attached hydrogens (primary N) is 1. The maximum absolute atomic E-state index is 5.56. The van der Waals surface area contributed by atoms with Crippen molar-refractivity contribution in [1.29, 1.82) is 0 Å². The Hall–Kier alpha value is -1.52. The van der Waals surface area contributed by atoms with Gasteiger partial charge < -0.3 is 15.0 Å². The van der Waals surface area contributed by atoms with Crippen LogP contribution in [0.2, 0.25) is 0 Å². The lowest BCUT2D eigenvalue weighted by Gasteiger charge is -2.03.